The quantitative estimate of drug-likeness (QED) is 0.890. The summed E-state index contributed by atoms with van der Waals surface area (Å²) in [4.78, 5) is 13.2. The van der Waals surface area contributed by atoms with Crippen LogP contribution in [0.2, 0.25) is 0 Å². The van der Waals surface area contributed by atoms with Crippen molar-refractivity contribution in [2.45, 2.75) is 38.4 Å². The standard InChI is InChI=1S/C16H18FN3O2/c1-11(16(21)22)19(14-6-7-14)10-13-8-9-20(18-13)15-4-2-12(17)3-5-15/h2-5,8-9,11,14H,6-7,10H2,1H3,(H,21,22). The number of hydrogen-bond donors (Lipinski definition) is 1. The third kappa shape index (κ3) is 3.17. The van der Waals surface area contributed by atoms with E-state index in [1.807, 2.05) is 11.0 Å². The summed E-state index contributed by atoms with van der Waals surface area (Å²) in [7, 11) is 0. The first-order valence-corrected chi connectivity index (χ1v) is 7.33. The van der Waals surface area contributed by atoms with Gasteiger partial charge in [0.25, 0.3) is 0 Å². The summed E-state index contributed by atoms with van der Waals surface area (Å²) in [6.45, 7) is 2.21. The molecule has 1 unspecified atom stereocenters. The lowest BCUT2D eigenvalue weighted by Gasteiger charge is -2.25. The van der Waals surface area contributed by atoms with Crippen LogP contribution in [0.15, 0.2) is 36.5 Å². The Bertz CT molecular complexity index is 664. The van der Waals surface area contributed by atoms with Crippen molar-refractivity contribution in [3.63, 3.8) is 0 Å². The molecule has 1 aromatic carbocycles. The number of aliphatic carboxylic acids is 1. The molecular weight excluding hydrogens is 285 g/mol. The van der Waals surface area contributed by atoms with E-state index in [-0.39, 0.29) is 5.82 Å². The van der Waals surface area contributed by atoms with Gasteiger partial charge in [0.2, 0.25) is 0 Å². The van der Waals surface area contributed by atoms with Crippen molar-refractivity contribution in [2.24, 2.45) is 0 Å². The fraction of sp³-hybridized carbons (Fsp3) is 0.375. The summed E-state index contributed by atoms with van der Waals surface area (Å²) in [5, 5.41) is 13.7. The Balaban J connectivity index is 1.75. The lowest BCUT2D eigenvalue weighted by Crippen LogP contribution is -2.40. The number of carboxylic acid groups (broad SMARTS) is 1. The van der Waals surface area contributed by atoms with Gasteiger partial charge in [-0.2, -0.15) is 5.10 Å². The Morgan fingerprint density at radius 2 is 2.09 bits per heavy atom. The monoisotopic (exact) mass is 303 g/mol. The van der Waals surface area contributed by atoms with E-state index in [2.05, 4.69) is 5.10 Å². The molecule has 0 aliphatic heterocycles. The van der Waals surface area contributed by atoms with Gasteiger partial charge in [0.1, 0.15) is 11.9 Å². The molecule has 0 amide bonds. The molecule has 1 aliphatic carbocycles. The molecule has 1 saturated carbocycles. The highest BCUT2D eigenvalue weighted by atomic mass is 19.1. The molecule has 1 heterocycles. The van der Waals surface area contributed by atoms with Gasteiger partial charge in [-0.1, -0.05) is 0 Å². The van der Waals surface area contributed by atoms with Gasteiger partial charge in [0.05, 0.1) is 11.4 Å². The van der Waals surface area contributed by atoms with Crippen molar-refractivity contribution < 1.29 is 14.3 Å². The van der Waals surface area contributed by atoms with Gasteiger partial charge in [0.15, 0.2) is 0 Å². The number of halogens is 1. The highest BCUT2D eigenvalue weighted by molar-refractivity contribution is 5.73. The zero-order valence-corrected chi connectivity index (χ0v) is 12.3. The van der Waals surface area contributed by atoms with E-state index in [4.69, 9.17) is 0 Å². The second-order valence-electron chi connectivity index (χ2n) is 5.65. The van der Waals surface area contributed by atoms with E-state index in [1.54, 1.807) is 29.9 Å². The number of rotatable bonds is 6. The van der Waals surface area contributed by atoms with Gasteiger partial charge in [-0.3, -0.25) is 9.69 Å². The van der Waals surface area contributed by atoms with E-state index in [1.165, 1.54) is 12.1 Å². The molecule has 1 atom stereocenters. The smallest absolute Gasteiger partial charge is 0.320 e. The lowest BCUT2D eigenvalue weighted by atomic mass is 10.2. The van der Waals surface area contributed by atoms with Crippen LogP contribution in [-0.2, 0) is 11.3 Å². The van der Waals surface area contributed by atoms with Gasteiger partial charge in [0, 0.05) is 18.8 Å². The van der Waals surface area contributed by atoms with Crippen LogP contribution >= 0.6 is 0 Å². The Morgan fingerprint density at radius 3 is 2.68 bits per heavy atom. The summed E-state index contributed by atoms with van der Waals surface area (Å²) >= 11 is 0. The first kappa shape index (κ1) is 14.7. The molecule has 1 aromatic heterocycles. The summed E-state index contributed by atoms with van der Waals surface area (Å²) in [6, 6.07) is 7.77. The minimum Gasteiger partial charge on any atom is -0.480 e. The maximum Gasteiger partial charge on any atom is 0.320 e. The van der Waals surface area contributed by atoms with Crippen molar-refractivity contribution in [3.05, 3.63) is 48.0 Å². The summed E-state index contributed by atoms with van der Waals surface area (Å²) in [5.74, 6) is -1.10. The van der Waals surface area contributed by atoms with E-state index < -0.39 is 12.0 Å². The lowest BCUT2D eigenvalue weighted by molar-refractivity contribution is -0.143. The molecule has 1 fully saturated rings. The number of carboxylic acids is 1. The normalized spacial score (nSPS) is 16.0. The van der Waals surface area contributed by atoms with E-state index in [9.17, 15) is 14.3 Å². The predicted molar refractivity (Wildman–Crippen MR) is 79.2 cm³/mol. The van der Waals surface area contributed by atoms with Gasteiger partial charge in [-0.25, -0.2) is 9.07 Å². The molecule has 0 radical (unpaired) electrons. The first-order valence-electron chi connectivity index (χ1n) is 7.33. The molecule has 0 spiro atoms. The van der Waals surface area contributed by atoms with Crippen LogP contribution < -0.4 is 0 Å². The molecule has 0 saturated heterocycles. The molecule has 1 N–H and O–H groups in total. The van der Waals surface area contributed by atoms with Gasteiger partial charge in [-0.15, -0.1) is 0 Å². The number of nitrogens with zero attached hydrogens (tertiary/aromatic N) is 3. The van der Waals surface area contributed by atoms with Crippen LogP contribution in [0, 0.1) is 5.82 Å². The van der Waals surface area contributed by atoms with Crippen molar-refractivity contribution in [2.75, 3.05) is 0 Å². The second-order valence-corrected chi connectivity index (χ2v) is 5.65. The Kier molecular flexibility index (Phi) is 3.94. The number of hydrogen-bond acceptors (Lipinski definition) is 3. The van der Waals surface area contributed by atoms with Crippen LogP contribution in [0.25, 0.3) is 5.69 Å². The first-order chi connectivity index (χ1) is 10.5. The average Bonchev–Trinajstić information content (AvgIpc) is 3.24. The molecule has 5 nitrogen and oxygen atoms in total. The van der Waals surface area contributed by atoms with Gasteiger partial charge < -0.3 is 5.11 Å². The molecule has 6 heteroatoms. The maximum atomic E-state index is 12.9. The van der Waals surface area contributed by atoms with Gasteiger partial charge in [-0.05, 0) is 50.1 Å². The van der Waals surface area contributed by atoms with Crippen molar-refractivity contribution in [3.8, 4) is 5.69 Å². The van der Waals surface area contributed by atoms with Gasteiger partial charge >= 0.3 is 5.97 Å². The topological polar surface area (TPSA) is 58.4 Å². The minimum absolute atomic E-state index is 0.286. The van der Waals surface area contributed by atoms with Crippen molar-refractivity contribution in [1.82, 2.24) is 14.7 Å². The largest absolute Gasteiger partial charge is 0.480 e. The van der Waals surface area contributed by atoms with E-state index >= 15 is 0 Å². The maximum absolute atomic E-state index is 12.9. The van der Waals surface area contributed by atoms with E-state index in [0.29, 0.717) is 12.6 Å². The highest BCUT2D eigenvalue weighted by Crippen LogP contribution is 2.30. The fourth-order valence-corrected chi connectivity index (χ4v) is 2.50. The predicted octanol–water partition coefficient (Wildman–Crippen LogP) is 2.45. The van der Waals surface area contributed by atoms with Crippen LogP contribution in [0.5, 0.6) is 0 Å². The molecule has 2 aromatic rings. The average molecular weight is 303 g/mol. The molecule has 22 heavy (non-hydrogen) atoms. The zero-order valence-electron chi connectivity index (χ0n) is 12.3. The van der Waals surface area contributed by atoms with Crippen LogP contribution in [0.1, 0.15) is 25.5 Å². The molecule has 116 valence electrons. The minimum atomic E-state index is -0.815. The molecular formula is C16H18FN3O2. The fourth-order valence-electron chi connectivity index (χ4n) is 2.50. The van der Waals surface area contributed by atoms with Crippen molar-refractivity contribution in [1.29, 1.82) is 0 Å². The molecule has 1 aliphatic rings. The third-order valence-corrected chi connectivity index (χ3v) is 3.95. The van der Waals surface area contributed by atoms with E-state index in [0.717, 1.165) is 24.2 Å². The van der Waals surface area contributed by atoms with Crippen LogP contribution in [-0.4, -0.2) is 37.8 Å². The SMILES string of the molecule is CC(C(=O)O)N(Cc1ccn(-c2ccc(F)cc2)n1)C1CC1. The molecule has 3 rings (SSSR count). The zero-order chi connectivity index (χ0) is 15.7. The highest BCUT2D eigenvalue weighted by Gasteiger charge is 2.35. The molecule has 0 bridgehead atoms. The summed E-state index contributed by atoms with van der Waals surface area (Å²) in [5.41, 5.74) is 1.58. The number of carbonyl (C=O) groups is 1. The van der Waals surface area contributed by atoms with Crippen LogP contribution in [0.4, 0.5) is 4.39 Å². The van der Waals surface area contributed by atoms with Crippen molar-refractivity contribution >= 4 is 5.97 Å². The Hall–Kier alpha value is -2.21. The number of benzene rings is 1. The third-order valence-electron chi connectivity index (χ3n) is 3.95. The van der Waals surface area contributed by atoms with Crippen LogP contribution in [0.3, 0.4) is 0 Å². The Morgan fingerprint density at radius 1 is 1.41 bits per heavy atom. The second kappa shape index (κ2) is 5.88. The number of aromatic nitrogens is 2. The Labute approximate surface area is 128 Å². The summed E-state index contributed by atoms with van der Waals surface area (Å²) in [6.07, 6.45) is 3.88. The summed E-state index contributed by atoms with van der Waals surface area (Å²) < 4.78 is 14.6.